The van der Waals surface area contributed by atoms with Gasteiger partial charge in [0, 0.05) is 11.3 Å². The van der Waals surface area contributed by atoms with Crippen molar-refractivity contribution in [2.45, 2.75) is 25.9 Å². The molecule has 3 aromatic carbocycles. The van der Waals surface area contributed by atoms with Crippen LogP contribution in [0.3, 0.4) is 0 Å². The molecule has 0 aliphatic rings. The fraction of sp³-hybridized carbons (Fsp3) is 0.120. The average Bonchev–Trinajstić information content (AvgIpc) is 3.13. The Hall–Kier alpha value is -3.31. The number of oxazole rings is 1. The van der Waals surface area contributed by atoms with Crippen LogP contribution in [0.25, 0.3) is 11.5 Å². The zero-order valence-electron chi connectivity index (χ0n) is 17.2. The molecule has 1 aromatic heterocycles. The molecule has 0 radical (unpaired) electrons. The lowest BCUT2D eigenvalue weighted by molar-refractivity contribution is 0.485. The van der Waals surface area contributed by atoms with E-state index < -0.39 is 0 Å². The minimum atomic E-state index is 0.413. The first-order valence-corrected chi connectivity index (χ1v) is 10.2. The molecule has 4 aromatic rings. The Morgan fingerprint density at radius 1 is 0.800 bits per heavy atom. The van der Waals surface area contributed by atoms with E-state index in [1.54, 1.807) is 0 Å². The van der Waals surface area contributed by atoms with Crippen molar-refractivity contribution in [3.05, 3.63) is 95.2 Å². The predicted octanol–water partition coefficient (Wildman–Crippen LogP) is 6.75. The van der Waals surface area contributed by atoms with Crippen LogP contribution in [0.1, 0.15) is 22.4 Å². The van der Waals surface area contributed by atoms with Gasteiger partial charge >= 0.3 is 0 Å². The van der Waals surface area contributed by atoms with Crippen LogP contribution in [0.15, 0.2) is 87.3 Å². The van der Waals surface area contributed by atoms with Crippen LogP contribution in [0, 0.1) is 20.8 Å². The Balaban J connectivity index is 1.76. The Morgan fingerprint density at radius 2 is 1.33 bits per heavy atom. The van der Waals surface area contributed by atoms with Crippen molar-refractivity contribution in [1.82, 2.24) is 4.98 Å². The van der Waals surface area contributed by atoms with Crippen LogP contribution < -0.4 is 5.32 Å². The molecule has 150 valence electrons. The van der Waals surface area contributed by atoms with Gasteiger partial charge in [0.15, 0.2) is 16.6 Å². The minimum absolute atomic E-state index is 0.413. The smallest absolute Gasteiger partial charge is 0.228 e. The molecule has 0 saturated heterocycles. The van der Waals surface area contributed by atoms with E-state index in [2.05, 4.69) is 31.8 Å². The molecule has 4 rings (SSSR count). The molecule has 1 heterocycles. The van der Waals surface area contributed by atoms with E-state index in [1.165, 1.54) is 16.7 Å². The highest BCUT2D eigenvalue weighted by Gasteiger charge is 2.18. The summed E-state index contributed by atoms with van der Waals surface area (Å²) in [4.78, 5) is 9.50. The van der Waals surface area contributed by atoms with E-state index in [0.717, 1.165) is 16.9 Å². The molecule has 0 unspecified atom stereocenters. The van der Waals surface area contributed by atoms with Gasteiger partial charge in [-0.2, -0.15) is 0 Å². The van der Waals surface area contributed by atoms with E-state index in [1.807, 2.05) is 79.7 Å². The van der Waals surface area contributed by atoms with Gasteiger partial charge in [-0.3, -0.25) is 0 Å². The molecule has 4 nitrogen and oxygen atoms in total. The third-order valence-corrected chi connectivity index (χ3v) is 5.02. The van der Waals surface area contributed by atoms with Crippen molar-refractivity contribution >= 4 is 29.8 Å². The van der Waals surface area contributed by atoms with Crippen LogP contribution in [0.5, 0.6) is 0 Å². The number of rotatable bonds is 4. The van der Waals surface area contributed by atoms with Crippen molar-refractivity contribution in [3.8, 4) is 11.5 Å². The number of thiol groups is 1. The maximum Gasteiger partial charge on any atom is 0.228 e. The summed E-state index contributed by atoms with van der Waals surface area (Å²) in [5.41, 5.74) is 6.75. The van der Waals surface area contributed by atoms with E-state index >= 15 is 0 Å². The lowest BCUT2D eigenvalue weighted by atomic mass is 10.1. The molecule has 0 spiro atoms. The second-order valence-corrected chi connectivity index (χ2v) is 7.73. The summed E-state index contributed by atoms with van der Waals surface area (Å²) < 4.78 is 5.87. The zero-order valence-corrected chi connectivity index (χ0v) is 18.1. The van der Waals surface area contributed by atoms with Crippen molar-refractivity contribution in [3.63, 3.8) is 0 Å². The van der Waals surface area contributed by atoms with Crippen LogP contribution in [0.2, 0.25) is 0 Å². The first-order valence-electron chi connectivity index (χ1n) is 9.74. The van der Waals surface area contributed by atoms with Crippen LogP contribution in [-0.2, 0) is 0 Å². The van der Waals surface area contributed by atoms with Gasteiger partial charge in [0.2, 0.25) is 5.89 Å². The number of hydrogen-bond donors (Lipinski definition) is 2. The van der Waals surface area contributed by atoms with E-state index in [-0.39, 0.29) is 0 Å². The van der Waals surface area contributed by atoms with Crippen LogP contribution >= 0.6 is 12.6 Å². The quantitative estimate of drug-likeness (QED) is 0.221. The van der Waals surface area contributed by atoms with Crippen molar-refractivity contribution < 1.29 is 4.42 Å². The molecule has 0 aliphatic heterocycles. The molecule has 0 bridgehead atoms. The molecule has 0 amide bonds. The molecular weight excluding hydrogens is 390 g/mol. The fourth-order valence-electron chi connectivity index (χ4n) is 2.95. The third kappa shape index (κ3) is 4.63. The summed E-state index contributed by atoms with van der Waals surface area (Å²) in [6.07, 6.45) is 0. The largest absolute Gasteiger partial charge is 0.429 e. The van der Waals surface area contributed by atoms with E-state index in [0.29, 0.717) is 22.5 Å². The highest BCUT2D eigenvalue weighted by molar-refractivity contribution is 7.80. The molecule has 0 saturated carbocycles. The number of nitrogens with zero attached hydrogens (tertiary/aromatic N) is 2. The lowest BCUT2D eigenvalue weighted by Gasteiger charge is -2.09. The summed E-state index contributed by atoms with van der Waals surface area (Å²) in [6.45, 7) is 6.16. The van der Waals surface area contributed by atoms with Gasteiger partial charge in [0.25, 0.3) is 0 Å². The summed E-state index contributed by atoms with van der Waals surface area (Å²) in [5, 5.41) is 3.79. The first-order chi connectivity index (χ1) is 14.5. The Labute approximate surface area is 182 Å². The minimum Gasteiger partial charge on any atom is -0.429 e. The van der Waals surface area contributed by atoms with Gasteiger partial charge in [-0.25, -0.2) is 9.98 Å². The summed E-state index contributed by atoms with van der Waals surface area (Å²) in [5.74, 6) is 1.09. The monoisotopic (exact) mass is 413 g/mol. The first kappa shape index (κ1) is 20.0. The highest BCUT2D eigenvalue weighted by Crippen LogP contribution is 2.27. The zero-order chi connectivity index (χ0) is 21.1. The SMILES string of the molecule is Cc1ccc(N=C(Nc2ccc(C)cc2)c2nc(-c3ccc(C)cc3)oc2S)cc1. The van der Waals surface area contributed by atoms with Gasteiger partial charge in [0.05, 0.1) is 5.69 Å². The normalized spacial score (nSPS) is 11.5. The fourth-order valence-corrected chi connectivity index (χ4v) is 3.19. The molecule has 5 heteroatoms. The van der Waals surface area contributed by atoms with E-state index in [9.17, 15) is 0 Å². The van der Waals surface area contributed by atoms with Crippen molar-refractivity contribution in [1.29, 1.82) is 0 Å². The number of benzene rings is 3. The van der Waals surface area contributed by atoms with Crippen molar-refractivity contribution in [2.24, 2.45) is 4.99 Å². The van der Waals surface area contributed by atoms with Crippen LogP contribution in [0.4, 0.5) is 11.4 Å². The maximum absolute atomic E-state index is 5.87. The van der Waals surface area contributed by atoms with Crippen molar-refractivity contribution in [2.75, 3.05) is 5.32 Å². The number of aromatic nitrogens is 1. The molecule has 0 fully saturated rings. The second-order valence-electron chi connectivity index (χ2n) is 7.33. The van der Waals surface area contributed by atoms with Gasteiger partial charge in [-0.1, -0.05) is 53.1 Å². The number of aliphatic imine (C=N–C) groups is 1. The van der Waals surface area contributed by atoms with E-state index in [4.69, 9.17) is 14.4 Å². The molecular formula is C25H23N3OS. The Bertz CT molecular complexity index is 1170. The topological polar surface area (TPSA) is 50.4 Å². The van der Waals surface area contributed by atoms with Gasteiger partial charge in [0.1, 0.15) is 0 Å². The highest BCUT2D eigenvalue weighted by atomic mass is 32.1. The maximum atomic E-state index is 5.87. The summed E-state index contributed by atoms with van der Waals surface area (Å²) >= 11 is 4.54. The Kier molecular flexibility index (Phi) is 5.72. The number of aryl methyl sites for hydroxylation is 3. The number of nitrogens with one attached hydrogen (secondary N) is 1. The average molecular weight is 414 g/mol. The van der Waals surface area contributed by atoms with Gasteiger partial charge in [-0.05, 0) is 57.2 Å². The van der Waals surface area contributed by atoms with Gasteiger partial charge < -0.3 is 9.73 Å². The molecule has 0 atom stereocenters. The lowest BCUT2D eigenvalue weighted by Crippen LogP contribution is -2.14. The number of anilines is 1. The number of amidine groups is 1. The predicted molar refractivity (Wildman–Crippen MR) is 126 cm³/mol. The molecule has 1 N–H and O–H groups in total. The van der Waals surface area contributed by atoms with Crippen LogP contribution in [-0.4, -0.2) is 10.8 Å². The standard InChI is InChI=1S/C25H23N3OS/c1-16-4-10-19(11-5-16)24-28-22(25(30)29-24)23(26-20-12-6-17(2)7-13-20)27-21-14-8-18(3)9-15-21/h4-15,30H,1-3H3,(H,26,27). The second kappa shape index (κ2) is 8.59. The van der Waals surface area contributed by atoms with Gasteiger partial charge in [-0.15, -0.1) is 12.6 Å². The summed E-state index contributed by atoms with van der Waals surface area (Å²) in [6, 6.07) is 24.2. The number of hydrogen-bond acceptors (Lipinski definition) is 4. The summed E-state index contributed by atoms with van der Waals surface area (Å²) in [7, 11) is 0. The molecule has 30 heavy (non-hydrogen) atoms. The molecule has 0 aliphatic carbocycles. The third-order valence-electron chi connectivity index (χ3n) is 4.72. The Morgan fingerprint density at radius 3 is 1.93 bits per heavy atom.